The standard InChI is InChI=1S/C14H26N2O/c1-10-6-11(2)9-16(8-10)14(17)7-12-4-3-5-13(12)15/h10-13H,3-9,15H2,1-2H3/t10?,11?,12-,13+/m0/s1. The van der Waals surface area contributed by atoms with Gasteiger partial charge in [0.15, 0.2) is 0 Å². The Balaban J connectivity index is 1.86. The fourth-order valence-corrected chi connectivity index (χ4v) is 3.54. The molecule has 1 saturated carbocycles. The van der Waals surface area contributed by atoms with Crippen molar-refractivity contribution in [3.05, 3.63) is 0 Å². The number of carbonyl (C=O) groups is 1. The first-order chi connectivity index (χ1) is 8.06. The Hall–Kier alpha value is -0.570. The Morgan fingerprint density at radius 3 is 2.41 bits per heavy atom. The third kappa shape index (κ3) is 3.21. The van der Waals surface area contributed by atoms with E-state index in [1.807, 2.05) is 0 Å². The van der Waals surface area contributed by atoms with Crippen molar-refractivity contribution >= 4 is 5.91 Å². The van der Waals surface area contributed by atoms with Crippen molar-refractivity contribution in [2.45, 2.75) is 52.0 Å². The lowest BCUT2D eigenvalue weighted by atomic mass is 9.91. The number of hydrogen-bond acceptors (Lipinski definition) is 2. The molecule has 2 unspecified atom stereocenters. The van der Waals surface area contributed by atoms with Gasteiger partial charge in [-0.2, -0.15) is 0 Å². The largest absolute Gasteiger partial charge is 0.342 e. The molecule has 3 heteroatoms. The van der Waals surface area contributed by atoms with Gasteiger partial charge in [-0.1, -0.05) is 20.3 Å². The zero-order valence-corrected chi connectivity index (χ0v) is 11.2. The number of rotatable bonds is 2. The summed E-state index contributed by atoms with van der Waals surface area (Å²) in [5.74, 6) is 2.08. The van der Waals surface area contributed by atoms with Crippen LogP contribution in [0.15, 0.2) is 0 Å². The summed E-state index contributed by atoms with van der Waals surface area (Å²) in [5.41, 5.74) is 6.04. The maximum absolute atomic E-state index is 12.3. The number of likely N-dealkylation sites (tertiary alicyclic amines) is 1. The number of piperidine rings is 1. The predicted molar refractivity (Wildman–Crippen MR) is 69.5 cm³/mol. The molecule has 1 aliphatic heterocycles. The highest BCUT2D eigenvalue weighted by Gasteiger charge is 2.30. The summed E-state index contributed by atoms with van der Waals surface area (Å²) in [7, 11) is 0. The Morgan fingerprint density at radius 1 is 1.24 bits per heavy atom. The molecule has 98 valence electrons. The number of nitrogens with zero attached hydrogens (tertiary/aromatic N) is 1. The molecule has 0 aromatic rings. The van der Waals surface area contributed by atoms with Crippen LogP contribution in [0.25, 0.3) is 0 Å². The summed E-state index contributed by atoms with van der Waals surface area (Å²) in [6.45, 7) is 6.39. The van der Waals surface area contributed by atoms with Crippen LogP contribution in [0.5, 0.6) is 0 Å². The van der Waals surface area contributed by atoms with E-state index in [0.717, 1.165) is 25.9 Å². The van der Waals surface area contributed by atoms with Gasteiger partial charge >= 0.3 is 0 Å². The first kappa shape index (κ1) is 12.9. The molecule has 0 bridgehead atoms. The van der Waals surface area contributed by atoms with E-state index in [2.05, 4.69) is 18.7 Å². The molecule has 4 atom stereocenters. The van der Waals surface area contributed by atoms with Crippen LogP contribution in [0.2, 0.25) is 0 Å². The average Bonchev–Trinajstić information content (AvgIpc) is 2.63. The minimum atomic E-state index is 0.263. The van der Waals surface area contributed by atoms with Crippen LogP contribution in [-0.2, 0) is 4.79 Å². The summed E-state index contributed by atoms with van der Waals surface area (Å²) in [6, 6.07) is 0.263. The molecule has 0 spiro atoms. The molecule has 1 saturated heterocycles. The molecule has 1 amide bonds. The summed E-state index contributed by atoms with van der Waals surface area (Å²) in [5, 5.41) is 0. The van der Waals surface area contributed by atoms with Crippen LogP contribution in [0.3, 0.4) is 0 Å². The van der Waals surface area contributed by atoms with Gasteiger partial charge in [-0.25, -0.2) is 0 Å². The van der Waals surface area contributed by atoms with Crippen molar-refractivity contribution in [2.24, 2.45) is 23.5 Å². The fraction of sp³-hybridized carbons (Fsp3) is 0.929. The van der Waals surface area contributed by atoms with Crippen LogP contribution in [-0.4, -0.2) is 29.9 Å². The van der Waals surface area contributed by atoms with E-state index in [0.29, 0.717) is 30.1 Å². The molecule has 0 radical (unpaired) electrons. The molecule has 2 rings (SSSR count). The van der Waals surface area contributed by atoms with Gasteiger partial charge < -0.3 is 10.6 Å². The van der Waals surface area contributed by atoms with E-state index in [9.17, 15) is 4.79 Å². The second kappa shape index (κ2) is 5.38. The number of carbonyl (C=O) groups excluding carboxylic acids is 1. The number of amides is 1. The van der Waals surface area contributed by atoms with Crippen molar-refractivity contribution in [1.82, 2.24) is 4.90 Å². The second-order valence-electron chi connectivity index (χ2n) is 6.30. The van der Waals surface area contributed by atoms with Gasteiger partial charge in [0.1, 0.15) is 0 Å². The van der Waals surface area contributed by atoms with Gasteiger partial charge in [-0.3, -0.25) is 4.79 Å². The van der Waals surface area contributed by atoms with Gasteiger partial charge in [0.05, 0.1) is 0 Å². The molecule has 3 nitrogen and oxygen atoms in total. The molecule has 2 N–H and O–H groups in total. The van der Waals surface area contributed by atoms with Crippen LogP contribution in [0.4, 0.5) is 0 Å². The van der Waals surface area contributed by atoms with Crippen LogP contribution in [0.1, 0.15) is 46.0 Å². The Morgan fingerprint density at radius 2 is 1.88 bits per heavy atom. The normalized spacial score (nSPS) is 38.4. The third-order valence-corrected chi connectivity index (χ3v) is 4.38. The SMILES string of the molecule is CC1CC(C)CN(C(=O)C[C@@H]2CCC[C@H]2N)C1. The van der Waals surface area contributed by atoms with Gasteiger partial charge in [0.2, 0.25) is 5.91 Å². The molecule has 2 fully saturated rings. The van der Waals surface area contributed by atoms with Gasteiger partial charge in [0.25, 0.3) is 0 Å². The fourth-order valence-electron chi connectivity index (χ4n) is 3.54. The van der Waals surface area contributed by atoms with E-state index in [1.54, 1.807) is 0 Å². The minimum absolute atomic E-state index is 0.263. The predicted octanol–water partition coefficient (Wildman–Crippen LogP) is 2.01. The monoisotopic (exact) mass is 238 g/mol. The molecular weight excluding hydrogens is 212 g/mol. The zero-order chi connectivity index (χ0) is 12.4. The van der Waals surface area contributed by atoms with E-state index in [-0.39, 0.29) is 6.04 Å². The van der Waals surface area contributed by atoms with E-state index in [1.165, 1.54) is 12.8 Å². The average molecular weight is 238 g/mol. The number of hydrogen-bond donors (Lipinski definition) is 1. The quantitative estimate of drug-likeness (QED) is 0.800. The first-order valence-electron chi connectivity index (χ1n) is 7.09. The lowest BCUT2D eigenvalue weighted by molar-refractivity contribution is -0.135. The smallest absolute Gasteiger partial charge is 0.222 e. The van der Waals surface area contributed by atoms with Crippen LogP contribution >= 0.6 is 0 Å². The molecule has 1 aliphatic carbocycles. The van der Waals surface area contributed by atoms with Gasteiger partial charge in [-0.15, -0.1) is 0 Å². The van der Waals surface area contributed by atoms with Crippen molar-refractivity contribution in [1.29, 1.82) is 0 Å². The molecule has 17 heavy (non-hydrogen) atoms. The van der Waals surface area contributed by atoms with E-state index < -0.39 is 0 Å². The van der Waals surface area contributed by atoms with Crippen molar-refractivity contribution in [3.63, 3.8) is 0 Å². The Bertz CT molecular complexity index is 269. The minimum Gasteiger partial charge on any atom is -0.342 e. The number of nitrogens with two attached hydrogens (primary N) is 1. The van der Waals surface area contributed by atoms with Gasteiger partial charge in [-0.05, 0) is 37.0 Å². The summed E-state index contributed by atoms with van der Waals surface area (Å²) >= 11 is 0. The van der Waals surface area contributed by atoms with Crippen molar-refractivity contribution < 1.29 is 4.79 Å². The lowest BCUT2D eigenvalue weighted by Crippen LogP contribution is -2.43. The highest BCUT2D eigenvalue weighted by atomic mass is 16.2. The van der Waals surface area contributed by atoms with E-state index in [4.69, 9.17) is 5.73 Å². The molecule has 1 heterocycles. The zero-order valence-electron chi connectivity index (χ0n) is 11.2. The lowest BCUT2D eigenvalue weighted by Gasteiger charge is -2.35. The van der Waals surface area contributed by atoms with Crippen LogP contribution in [0, 0.1) is 17.8 Å². The maximum Gasteiger partial charge on any atom is 0.222 e. The maximum atomic E-state index is 12.3. The molecule has 2 aliphatic rings. The highest BCUT2D eigenvalue weighted by Crippen LogP contribution is 2.29. The first-order valence-corrected chi connectivity index (χ1v) is 7.09. The van der Waals surface area contributed by atoms with Gasteiger partial charge in [0, 0.05) is 25.6 Å². The second-order valence-corrected chi connectivity index (χ2v) is 6.30. The highest BCUT2D eigenvalue weighted by molar-refractivity contribution is 5.76. The topological polar surface area (TPSA) is 46.3 Å². The molecule has 0 aromatic heterocycles. The van der Waals surface area contributed by atoms with E-state index >= 15 is 0 Å². The van der Waals surface area contributed by atoms with Crippen LogP contribution < -0.4 is 5.73 Å². The Kier molecular flexibility index (Phi) is 4.08. The summed E-state index contributed by atoms with van der Waals surface area (Å²) in [4.78, 5) is 14.3. The molecule has 0 aromatic carbocycles. The van der Waals surface area contributed by atoms with Crippen molar-refractivity contribution in [2.75, 3.05) is 13.1 Å². The Labute approximate surface area is 105 Å². The van der Waals surface area contributed by atoms with Crippen molar-refractivity contribution in [3.8, 4) is 0 Å². The summed E-state index contributed by atoms with van der Waals surface area (Å²) in [6.07, 6.45) is 5.38. The third-order valence-electron chi connectivity index (χ3n) is 4.38. The molecular formula is C14H26N2O. The summed E-state index contributed by atoms with van der Waals surface area (Å²) < 4.78 is 0.